The number of aromatic carboxylic acids is 1. The number of hydrogen-bond donors (Lipinski definition) is 2. The number of nitrogens with zero attached hydrogens (tertiary/aromatic N) is 1. The molecule has 0 spiro atoms. The number of amides is 2. The fourth-order valence-electron chi connectivity index (χ4n) is 1.23. The number of nitrogens with two attached hydrogens (primary N) is 1. The van der Waals surface area contributed by atoms with Gasteiger partial charge in [-0.05, 0) is 6.92 Å². The van der Waals surface area contributed by atoms with Crippen molar-refractivity contribution in [3.63, 3.8) is 0 Å². The third kappa shape index (κ3) is 3.07. The van der Waals surface area contributed by atoms with Gasteiger partial charge in [-0.15, -0.1) is 0 Å². The first-order valence-electron chi connectivity index (χ1n) is 4.85. The van der Waals surface area contributed by atoms with Crippen molar-refractivity contribution in [2.24, 2.45) is 5.73 Å². The summed E-state index contributed by atoms with van der Waals surface area (Å²) in [6.45, 7) is 1.70. The lowest BCUT2D eigenvalue weighted by atomic mass is 10.3. The van der Waals surface area contributed by atoms with E-state index in [2.05, 4.69) is 0 Å². The monoisotopic (exact) mass is 240 g/mol. The molecule has 1 aromatic heterocycles. The summed E-state index contributed by atoms with van der Waals surface area (Å²) < 4.78 is 4.83. The van der Waals surface area contributed by atoms with Crippen LogP contribution in [0.2, 0.25) is 0 Å². The predicted molar refractivity (Wildman–Crippen MR) is 56.4 cm³/mol. The van der Waals surface area contributed by atoms with Crippen molar-refractivity contribution in [3.05, 3.63) is 23.7 Å². The molecule has 7 nitrogen and oxygen atoms in total. The van der Waals surface area contributed by atoms with E-state index in [0.717, 1.165) is 17.2 Å². The van der Waals surface area contributed by atoms with Gasteiger partial charge in [0.25, 0.3) is 5.91 Å². The van der Waals surface area contributed by atoms with E-state index in [0.29, 0.717) is 0 Å². The third-order valence-electron chi connectivity index (χ3n) is 2.07. The molecule has 0 atom stereocenters. The SMILES string of the molecule is CCN(CC(N)=O)C(=O)c1cc(C(=O)O)co1. The molecule has 0 radical (unpaired) electrons. The molecule has 7 heteroatoms. The van der Waals surface area contributed by atoms with E-state index in [9.17, 15) is 14.4 Å². The van der Waals surface area contributed by atoms with Crippen molar-refractivity contribution in [3.8, 4) is 0 Å². The summed E-state index contributed by atoms with van der Waals surface area (Å²) in [5.41, 5.74) is 4.86. The van der Waals surface area contributed by atoms with Gasteiger partial charge < -0.3 is 20.2 Å². The maximum atomic E-state index is 11.8. The van der Waals surface area contributed by atoms with Crippen molar-refractivity contribution >= 4 is 17.8 Å². The lowest BCUT2D eigenvalue weighted by molar-refractivity contribution is -0.118. The molecule has 17 heavy (non-hydrogen) atoms. The second kappa shape index (κ2) is 5.15. The second-order valence-electron chi connectivity index (χ2n) is 3.29. The van der Waals surface area contributed by atoms with Gasteiger partial charge >= 0.3 is 5.97 Å². The van der Waals surface area contributed by atoms with Crippen molar-refractivity contribution in [2.75, 3.05) is 13.1 Å². The molecule has 0 fully saturated rings. The zero-order valence-electron chi connectivity index (χ0n) is 9.17. The Kier molecular flexibility index (Phi) is 3.86. The zero-order valence-corrected chi connectivity index (χ0v) is 9.17. The minimum absolute atomic E-state index is 0.122. The van der Waals surface area contributed by atoms with E-state index in [1.807, 2.05) is 0 Å². The van der Waals surface area contributed by atoms with Crippen LogP contribution in [-0.2, 0) is 4.79 Å². The molecule has 3 N–H and O–H groups in total. The first kappa shape index (κ1) is 12.8. The van der Waals surface area contributed by atoms with Gasteiger partial charge in [0.2, 0.25) is 5.91 Å². The molecule has 0 aliphatic heterocycles. The zero-order chi connectivity index (χ0) is 13.0. The number of primary amides is 1. The highest BCUT2D eigenvalue weighted by Crippen LogP contribution is 2.10. The second-order valence-corrected chi connectivity index (χ2v) is 3.29. The summed E-state index contributed by atoms with van der Waals surface area (Å²) in [7, 11) is 0. The van der Waals surface area contributed by atoms with Crippen molar-refractivity contribution in [1.29, 1.82) is 0 Å². The summed E-state index contributed by atoms with van der Waals surface area (Å²) in [6.07, 6.45) is 0.966. The highest BCUT2D eigenvalue weighted by Gasteiger charge is 2.20. The van der Waals surface area contributed by atoms with Crippen LogP contribution in [0.1, 0.15) is 27.8 Å². The summed E-state index contributed by atoms with van der Waals surface area (Å²) in [4.78, 5) is 34.3. The summed E-state index contributed by atoms with van der Waals surface area (Å²) >= 11 is 0. The molecule has 92 valence electrons. The van der Waals surface area contributed by atoms with E-state index >= 15 is 0 Å². The van der Waals surface area contributed by atoms with Crippen LogP contribution >= 0.6 is 0 Å². The maximum Gasteiger partial charge on any atom is 0.338 e. The van der Waals surface area contributed by atoms with Crippen LogP contribution in [-0.4, -0.2) is 40.9 Å². The molecular weight excluding hydrogens is 228 g/mol. The highest BCUT2D eigenvalue weighted by molar-refractivity contribution is 5.96. The van der Waals surface area contributed by atoms with Gasteiger partial charge in [-0.1, -0.05) is 0 Å². The minimum atomic E-state index is -1.19. The first-order chi connectivity index (χ1) is 7.95. The van der Waals surface area contributed by atoms with E-state index in [4.69, 9.17) is 15.3 Å². The van der Waals surface area contributed by atoms with Gasteiger partial charge in [-0.2, -0.15) is 0 Å². The Bertz CT molecular complexity index is 451. The molecule has 0 aliphatic rings. The van der Waals surface area contributed by atoms with Gasteiger partial charge in [0.05, 0.1) is 12.1 Å². The standard InChI is InChI=1S/C10H12N2O5/c1-2-12(4-8(11)13)9(14)7-3-6(5-17-7)10(15)16/h3,5H,2,4H2,1H3,(H2,11,13)(H,15,16). The maximum absolute atomic E-state index is 11.8. The lowest BCUT2D eigenvalue weighted by Crippen LogP contribution is -2.38. The van der Waals surface area contributed by atoms with Crippen LogP contribution in [0.4, 0.5) is 0 Å². The Morgan fingerprint density at radius 2 is 2.12 bits per heavy atom. The van der Waals surface area contributed by atoms with Crippen LogP contribution in [0.5, 0.6) is 0 Å². The lowest BCUT2D eigenvalue weighted by Gasteiger charge is -2.17. The van der Waals surface area contributed by atoms with Crippen molar-refractivity contribution in [2.45, 2.75) is 6.92 Å². The molecule has 2 amide bonds. The van der Waals surface area contributed by atoms with Gasteiger partial charge in [0.15, 0.2) is 5.76 Å². The molecule has 0 aliphatic carbocycles. The number of carbonyl (C=O) groups excluding carboxylic acids is 2. The molecule has 0 saturated carbocycles. The molecular formula is C10H12N2O5. The van der Waals surface area contributed by atoms with Crippen LogP contribution in [0.15, 0.2) is 16.7 Å². The molecule has 0 unspecified atom stereocenters. The number of carboxylic acids is 1. The van der Waals surface area contributed by atoms with Crippen LogP contribution in [0.25, 0.3) is 0 Å². The number of carboxylic acid groups (broad SMARTS) is 1. The Morgan fingerprint density at radius 3 is 2.53 bits per heavy atom. The Labute approximate surface area is 96.8 Å². The molecule has 0 aromatic carbocycles. The first-order valence-corrected chi connectivity index (χ1v) is 4.85. The van der Waals surface area contributed by atoms with E-state index < -0.39 is 17.8 Å². The average molecular weight is 240 g/mol. The van der Waals surface area contributed by atoms with Crippen LogP contribution in [0.3, 0.4) is 0 Å². The van der Waals surface area contributed by atoms with E-state index in [1.165, 1.54) is 0 Å². The fourth-order valence-corrected chi connectivity index (χ4v) is 1.23. The molecule has 1 aromatic rings. The molecule has 1 heterocycles. The van der Waals surface area contributed by atoms with Gasteiger partial charge in [0, 0.05) is 12.6 Å². The largest absolute Gasteiger partial charge is 0.478 e. The van der Waals surface area contributed by atoms with Crippen LogP contribution in [0, 0.1) is 0 Å². The van der Waals surface area contributed by atoms with Crippen LogP contribution < -0.4 is 5.73 Å². The molecule has 0 bridgehead atoms. The van der Waals surface area contributed by atoms with Gasteiger partial charge in [-0.3, -0.25) is 9.59 Å². The number of hydrogen-bond acceptors (Lipinski definition) is 4. The Hall–Kier alpha value is -2.31. The number of carbonyl (C=O) groups is 3. The quantitative estimate of drug-likeness (QED) is 0.747. The van der Waals surface area contributed by atoms with E-state index in [1.54, 1.807) is 6.92 Å². The minimum Gasteiger partial charge on any atom is -0.478 e. The number of furan rings is 1. The van der Waals surface area contributed by atoms with Crippen molar-refractivity contribution in [1.82, 2.24) is 4.90 Å². The fraction of sp³-hybridized carbons (Fsp3) is 0.300. The van der Waals surface area contributed by atoms with Gasteiger partial charge in [0.1, 0.15) is 6.26 Å². The summed E-state index contributed by atoms with van der Waals surface area (Å²) in [6, 6.07) is 1.11. The summed E-state index contributed by atoms with van der Waals surface area (Å²) in [5.74, 6) is -2.54. The van der Waals surface area contributed by atoms with Gasteiger partial charge in [-0.25, -0.2) is 4.79 Å². The topological polar surface area (TPSA) is 114 Å². The smallest absolute Gasteiger partial charge is 0.338 e. The average Bonchev–Trinajstić information content (AvgIpc) is 2.73. The summed E-state index contributed by atoms with van der Waals surface area (Å²) in [5, 5.41) is 8.66. The normalized spacial score (nSPS) is 9.94. The predicted octanol–water partition coefficient (Wildman–Crippen LogP) is -0.0748. The Morgan fingerprint density at radius 1 is 1.47 bits per heavy atom. The molecule has 0 saturated heterocycles. The molecule has 1 rings (SSSR count). The number of rotatable bonds is 5. The highest BCUT2D eigenvalue weighted by atomic mass is 16.4. The third-order valence-corrected chi connectivity index (χ3v) is 2.07. The van der Waals surface area contributed by atoms with E-state index in [-0.39, 0.29) is 24.4 Å². The Balaban J connectivity index is 2.86. The van der Waals surface area contributed by atoms with Crippen molar-refractivity contribution < 1.29 is 23.9 Å². The number of likely N-dealkylation sites (N-methyl/N-ethyl adjacent to an activating group) is 1.